The van der Waals surface area contributed by atoms with Gasteiger partial charge in [-0.15, -0.1) is 12.4 Å². The highest BCUT2D eigenvalue weighted by atomic mass is 35.5. The number of hydrogen-bond donors (Lipinski definition) is 1. The van der Waals surface area contributed by atoms with Gasteiger partial charge in [-0.05, 0) is 44.0 Å². The van der Waals surface area contributed by atoms with Gasteiger partial charge >= 0.3 is 0 Å². The molecule has 16 heavy (non-hydrogen) atoms. The Morgan fingerprint density at radius 2 is 2.19 bits per heavy atom. The van der Waals surface area contributed by atoms with Crippen LogP contribution in [0.2, 0.25) is 0 Å². The summed E-state index contributed by atoms with van der Waals surface area (Å²) in [4.78, 5) is 0. The first-order valence-electron chi connectivity index (χ1n) is 5.44. The van der Waals surface area contributed by atoms with E-state index in [1.54, 1.807) is 18.2 Å². The second kappa shape index (κ2) is 6.71. The molecule has 0 saturated carbocycles. The molecule has 0 aromatic heterocycles. The van der Waals surface area contributed by atoms with E-state index in [2.05, 4.69) is 5.32 Å². The Hall–Kier alpha value is -0.800. The van der Waals surface area contributed by atoms with Crippen LogP contribution in [0.3, 0.4) is 0 Å². The molecule has 1 atom stereocenters. The van der Waals surface area contributed by atoms with Crippen molar-refractivity contribution in [1.29, 1.82) is 0 Å². The largest absolute Gasteiger partial charge is 0.491 e. The zero-order valence-corrected chi connectivity index (χ0v) is 9.93. The highest BCUT2D eigenvalue weighted by Gasteiger charge is 2.14. The average Bonchev–Trinajstić information content (AvgIpc) is 2.74. The van der Waals surface area contributed by atoms with E-state index in [0.29, 0.717) is 18.3 Å². The highest BCUT2D eigenvalue weighted by Crippen LogP contribution is 2.17. The summed E-state index contributed by atoms with van der Waals surface area (Å²) in [6.07, 6.45) is 2.21. The van der Waals surface area contributed by atoms with Gasteiger partial charge < -0.3 is 10.1 Å². The molecule has 2 nitrogen and oxygen atoms in total. The second-order valence-corrected chi connectivity index (χ2v) is 3.93. The van der Waals surface area contributed by atoms with E-state index in [1.165, 1.54) is 12.5 Å². The fourth-order valence-corrected chi connectivity index (χ4v) is 1.86. The Bertz CT molecular complexity index is 316. The number of para-hydroxylation sites is 1. The fraction of sp³-hybridized carbons (Fsp3) is 0.500. The van der Waals surface area contributed by atoms with Crippen molar-refractivity contribution in [2.45, 2.75) is 12.8 Å². The number of halogens is 2. The first kappa shape index (κ1) is 13.3. The van der Waals surface area contributed by atoms with E-state index in [0.717, 1.165) is 19.5 Å². The first-order valence-corrected chi connectivity index (χ1v) is 5.44. The molecule has 0 aliphatic carbocycles. The highest BCUT2D eigenvalue weighted by molar-refractivity contribution is 5.85. The third kappa shape index (κ3) is 3.65. The van der Waals surface area contributed by atoms with E-state index in [9.17, 15) is 4.39 Å². The van der Waals surface area contributed by atoms with E-state index in [1.807, 2.05) is 0 Å². The third-order valence-electron chi connectivity index (χ3n) is 2.78. The lowest BCUT2D eigenvalue weighted by molar-refractivity contribution is 0.271. The minimum Gasteiger partial charge on any atom is -0.491 e. The van der Waals surface area contributed by atoms with Gasteiger partial charge in [-0.1, -0.05) is 12.1 Å². The van der Waals surface area contributed by atoms with Crippen molar-refractivity contribution in [2.75, 3.05) is 19.7 Å². The molecule has 1 fully saturated rings. The molecule has 4 heteroatoms. The molecule has 1 unspecified atom stereocenters. The van der Waals surface area contributed by atoms with Crippen molar-refractivity contribution in [3.05, 3.63) is 30.1 Å². The molecule has 90 valence electrons. The Morgan fingerprint density at radius 1 is 1.38 bits per heavy atom. The van der Waals surface area contributed by atoms with Gasteiger partial charge in [0.05, 0.1) is 6.61 Å². The molecule has 1 heterocycles. The first-order chi connectivity index (χ1) is 7.36. The molecular formula is C12H17ClFNO. The second-order valence-electron chi connectivity index (χ2n) is 3.93. The molecule has 1 saturated heterocycles. The van der Waals surface area contributed by atoms with Crippen LogP contribution >= 0.6 is 12.4 Å². The minimum absolute atomic E-state index is 0. The summed E-state index contributed by atoms with van der Waals surface area (Å²) in [5, 5.41) is 3.30. The van der Waals surface area contributed by atoms with Crippen molar-refractivity contribution in [3.8, 4) is 5.75 Å². The number of rotatable bonds is 4. The van der Waals surface area contributed by atoms with Gasteiger partial charge in [-0.3, -0.25) is 0 Å². The lowest BCUT2D eigenvalue weighted by Crippen LogP contribution is -2.11. The Kier molecular flexibility index (Phi) is 5.56. The van der Waals surface area contributed by atoms with E-state index >= 15 is 0 Å². The number of hydrogen-bond acceptors (Lipinski definition) is 2. The van der Waals surface area contributed by atoms with E-state index in [-0.39, 0.29) is 18.2 Å². The van der Waals surface area contributed by atoms with Crippen LogP contribution in [0.4, 0.5) is 4.39 Å². The number of benzene rings is 1. The summed E-state index contributed by atoms with van der Waals surface area (Å²) in [6, 6.07) is 6.55. The summed E-state index contributed by atoms with van der Waals surface area (Å²) >= 11 is 0. The topological polar surface area (TPSA) is 21.3 Å². The molecule has 0 radical (unpaired) electrons. The lowest BCUT2D eigenvalue weighted by Gasteiger charge is -2.10. The fourth-order valence-electron chi connectivity index (χ4n) is 1.86. The molecule has 1 aromatic rings. The molecule has 0 bridgehead atoms. The van der Waals surface area contributed by atoms with Crippen molar-refractivity contribution in [3.63, 3.8) is 0 Å². The number of ether oxygens (including phenoxy) is 1. The minimum atomic E-state index is -0.276. The van der Waals surface area contributed by atoms with Crippen LogP contribution in [0.15, 0.2) is 24.3 Å². The zero-order chi connectivity index (χ0) is 10.5. The van der Waals surface area contributed by atoms with Crippen molar-refractivity contribution >= 4 is 12.4 Å². The summed E-state index contributed by atoms with van der Waals surface area (Å²) < 4.78 is 18.5. The normalized spacial score (nSPS) is 19.2. The lowest BCUT2D eigenvalue weighted by atomic mass is 10.1. The van der Waals surface area contributed by atoms with E-state index < -0.39 is 0 Å². The standard InChI is InChI=1S/C12H16FNO.ClH/c13-11-3-1-2-4-12(11)15-8-6-10-5-7-14-9-10;/h1-4,10,14H,5-9H2;1H. The van der Waals surface area contributed by atoms with Crippen LogP contribution in [-0.2, 0) is 0 Å². The quantitative estimate of drug-likeness (QED) is 0.881. The summed E-state index contributed by atoms with van der Waals surface area (Å²) in [6.45, 7) is 2.78. The van der Waals surface area contributed by atoms with Gasteiger partial charge in [0.15, 0.2) is 11.6 Å². The third-order valence-corrected chi connectivity index (χ3v) is 2.78. The van der Waals surface area contributed by atoms with Crippen molar-refractivity contribution in [1.82, 2.24) is 5.32 Å². The van der Waals surface area contributed by atoms with Crippen LogP contribution in [0.5, 0.6) is 5.75 Å². The Balaban J connectivity index is 0.00000128. The summed E-state index contributed by atoms with van der Waals surface area (Å²) in [5.74, 6) is 0.780. The SMILES string of the molecule is Cl.Fc1ccccc1OCCC1CCNC1. The van der Waals surface area contributed by atoms with Crippen LogP contribution in [0.1, 0.15) is 12.8 Å². The molecule has 0 spiro atoms. The monoisotopic (exact) mass is 245 g/mol. The molecule has 2 rings (SSSR count). The average molecular weight is 246 g/mol. The van der Waals surface area contributed by atoms with Gasteiger partial charge in [0.25, 0.3) is 0 Å². The van der Waals surface area contributed by atoms with Crippen LogP contribution in [0, 0.1) is 11.7 Å². The molecule has 1 N–H and O–H groups in total. The van der Waals surface area contributed by atoms with Crippen molar-refractivity contribution in [2.24, 2.45) is 5.92 Å². The molecule has 1 aromatic carbocycles. The van der Waals surface area contributed by atoms with Crippen LogP contribution < -0.4 is 10.1 Å². The van der Waals surface area contributed by atoms with Gasteiger partial charge in [-0.2, -0.15) is 0 Å². The zero-order valence-electron chi connectivity index (χ0n) is 9.12. The van der Waals surface area contributed by atoms with Gasteiger partial charge in [0.2, 0.25) is 0 Å². The van der Waals surface area contributed by atoms with Gasteiger partial charge in [0.1, 0.15) is 0 Å². The summed E-state index contributed by atoms with van der Waals surface area (Å²) in [5.41, 5.74) is 0. The molecule has 0 amide bonds. The number of nitrogens with one attached hydrogen (secondary N) is 1. The summed E-state index contributed by atoms with van der Waals surface area (Å²) in [7, 11) is 0. The maximum Gasteiger partial charge on any atom is 0.165 e. The maximum absolute atomic E-state index is 13.2. The van der Waals surface area contributed by atoms with Crippen LogP contribution in [0.25, 0.3) is 0 Å². The Labute approximate surface area is 102 Å². The van der Waals surface area contributed by atoms with Crippen LogP contribution in [-0.4, -0.2) is 19.7 Å². The maximum atomic E-state index is 13.2. The molecule has 1 aliphatic heterocycles. The van der Waals surface area contributed by atoms with Gasteiger partial charge in [-0.25, -0.2) is 4.39 Å². The Morgan fingerprint density at radius 3 is 2.88 bits per heavy atom. The smallest absolute Gasteiger partial charge is 0.165 e. The van der Waals surface area contributed by atoms with Gasteiger partial charge in [0, 0.05) is 0 Å². The van der Waals surface area contributed by atoms with E-state index in [4.69, 9.17) is 4.74 Å². The predicted molar refractivity (Wildman–Crippen MR) is 64.7 cm³/mol. The molecular weight excluding hydrogens is 229 g/mol. The van der Waals surface area contributed by atoms with Crippen molar-refractivity contribution < 1.29 is 9.13 Å². The predicted octanol–water partition coefficient (Wildman–Crippen LogP) is 2.63. The molecule has 1 aliphatic rings.